The Balaban J connectivity index is 1.81. The average Bonchev–Trinajstić information content (AvgIpc) is 2.84. The number of allylic oxidation sites excluding steroid dienone is 2. The van der Waals surface area contributed by atoms with E-state index in [1.54, 1.807) is 36.4 Å². The van der Waals surface area contributed by atoms with Crippen molar-refractivity contribution in [2.45, 2.75) is 20.5 Å². The Morgan fingerprint density at radius 1 is 1.13 bits per heavy atom. The Bertz CT molecular complexity index is 801. The molecule has 0 saturated heterocycles. The van der Waals surface area contributed by atoms with Crippen LogP contribution in [-0.4, -0.2) is 5.78 Å². The summed E-state index contributed by atoms with van der Waals surface area (Å²) in [6.45, 7) is 3.92. The van der Waals surface area contributed by atoms with Gasteiger partial charge in [0, 0.05) is 21.7 Å². The summed E-state index contributed by atoms with van der Waals surface area (Å²) in [5.74, 6) is 1.38. The molecular weight excluding hydrogens is 335 g/mol. The minimum atomic E-state index is -0.0966. The molecule has 0 atom stereocenters. The summed E-state index contributed by atoms with van der Waals surface area (Å²) in [5, 5.41) is 1.11. The second-order valence-electron chi connectivity index (χ2n) is 5.41. The molecule has 1 heterocycles. The number of carbonyl (C=O) groups excluding carboxylic acids is 1. The topological polar surface area (TPSA) is 35.5 Å². The van der Waals surface area contributed by atoms with Crippen LogP contribution in [0.15, 0.2) is 47.7 Å². The van der Waals surface area contributed by atoms with Crippen molar-refractivity contribution in [3.8, 4) is 11.5 Å². The van der Waals surface area contributed by atoms with Gasteiger partial charge in [0.15, 0.2) is 5.76 Å². The summed E-state index contributed by atoms with van der Waals surface area (Å²) in [5.41, 5.74) is 2.11. The van der Waals surface area contributed by atoms with Crippen molar-refractivity contribution in [2.75, 3.05) is 0 Å². The van der Waals surface area contributed by atoms with E-state index in [2.05, 4.69) is 0 Å². The van der Waals surface area contributed by atoms with Crippen LogP contribution < -0.4 is 9.47 Å². The fourth-order valence-electron chi connectivity index (χ4n) is 2.30. The number of ketones is 1. The highest BCUT2D eigenvalue weighted by atomic mass is 35.5. The van der Waals surface area contributed by atoms with Gasteiger partial charge in [-0.3, -0.25) is 4.79 Å². The molecule has 2 aromatic rings. The number of halogens is 2. The minimum Gasteiger partial charge on any atom is -0.489 e. The number of carbonyl (C=O) groups is 1. The standard InChI is InChI=1S/C18H14Cl2O3/c1-10(2)18-17(21)12-7-6-11(8-16(12)23-18)22-9-13-14(19)4-3-5-15(13)20/h3-8H,9H2,1-2H3. The van der Waals surface area contributed by atoms with Crippen molar-refractivity contribution in [1.82, 2.24) is 0 Å². The fraction of sp³-hybridized carbons (Fsp3) is 0.167. The van der Waals surface area contributed by atoms with Crippen molar-refractivity contribution in [3.63, 3.8) is 0 Å². The van der Waals surface area contributed by atoms with Crippen LogP contribution in [0.2, 0.25) is 10.0 Å². The van der Waals surface area contributed by atoms with Gasteiger partial charge in [0.2, 0.25) is 5.78 Å². The molecule has 118 valence electrons. The van der Waals surface area contributed by atoms with Crippen LogP contribution in [0.5, 0.6) is 11.5 Å². The summed E-state index contributed by atoms with van der Waals surface area (Å²) < 4.78 is 11.4. The van der Waals surface area contributed by atoms with Gasteiger partial charge in [0.25, 0.3) is 0 Å². The maximum absolute atomic E-state index is 12.2. The zero-order chi connectivity index (χ0) is 16.6. The molecule has 3 rings (SSSR count). The first-order chi connectivity index (χ1) is 11.0. The highest BCUT2D eigenvalue weighted by Crippen LogP contribution is 2.35. The third-order valence-electron chi connectivity index (χ3n) is 3.51. The fourth-order valence-corrected chi connectivity index (χ4v) is 2.80. The molecule has 0 spiro atoms. The molecule has 23 heavy (non-hydrogen) atoms. The first-order valence-electron chi connectivity index (χ1n) is 7.07. The van der Waals surface area contributed by atoms with Gasteiger partial charge in [0.05, 0.1) is 5.56 Å². The van der Waals surface area contributed by atoms with Crippen molar-refractivity contribution >= 4 is 29.0 Å². The first-order valence-corrected chi connectivity index (χ1v) is 7.82. The predicted octanol–water partition coefficient (Wildman–Crippen LogP) is 5.44. The molecule has 0 amide bonds. The van der Waals surface area contributed by atoms with E-state index in [0.29, 0.717) is 32.9 Å². The Morgan fingerprint density at radius 2 is 1.83 bits per heavy atom. The molecule has 0 N–H and O–H groups in total. The number of hydrogen-bond donors (Lipinski definition) is 0. The second-order valence-corrected chi connectivity index (χ2v) is 6.22. The Labute approximate surface area is 144 Å². The Hall–Kier alpha value is -1.97. The minimum absolute atomic E-state index is 0.0966. The van der Waals surface area contributed by atoms with Gasteiger partial charge in [-0.1, -0.05) is 29.3 Å². The average molecular weight is 349 g/mol. The molecule has 5 heteroatoms. The lowest BCUT2D eigenvalue weighted by Crippen LogP contribution is -2.00. The quantitative estimate of drug-likeness (QED) is 0.692. The summed E-state index contributed by atoms with van der Waals surface area (Å²) in [4.78, 5) is 12.2. The Morgan fingerprint density at radius 3 is 2.48 bits per heavy atom. The molecule has 0 radical (unpaired) electrons. The van der Waals surface area contributed by atoms with Gasteiger partial charge >= 0.3 is 0 Å². The molecule has 0 saturated carbocycles. The zero-order valence-corrected chi connectivity index (χ0v) is 14.2. The van der Waals surface area contributed by atoms with E-state index < -0.39 is 0 Å². The molecule has 2 aromatic carbocycles. The van der Waals surface area contributed by atoms with E-state index in [-0.39, 0.29) is 12.4 Å². The summed E-state index contributed by atoms with van der Waals surface area (Å²) in [6, 6.07) is 10.4. The lowest BCUT2D eigenvalue weighted by Gasteiger charge is -2.10. The van der Waals surface area contributed by atoms with E-state index in [1.807, 2.05) is 13.8 Å². The number of benzene rings is 2. The van der Waals surface area contributed by atoms with Crippen LogP contribution in [0.1, 0.15) is 29.8 Å². The van der Waals surface area contributed by atoms with E-state index >= 15 is 0 Å². The van der Waals surface area contributed by atoms with Crippen LogP contribution in [0.25, 0.3) is 0 Å². The highest BCUT2D eigenvalue weighted by Gasteiger charge is 2.28. The van der Waals surface area contributed by atoms with E-state index in [4.69, 9.17) is 32.7 Å². The second kappa shape index (κ2) is 6.26. The number of Topliss-reactive ketones (excluding diaryl/α,β-unsaturated/α-hetero) is 1. The smallest absolute Gasteiger partial charge is 0.231 e. The third kappa shape index (κ3) is 3.07. The molecular formula is C18H14Cl2O3. The van der Waals surface area contributed by atoms with Crippen molar-refractivity contribution in [1.29, 1.82) is 0 Å². The summed E-state index contributed by atoms with van der Waals surface area (Å²) >= 11 is 12.2. The summed E-state index contributed by atoms with van der Waals surface area (Å²) in [6.07, 6.45) is 0. The van der Waals surface area contributed by atoms with Crippen LogP contribution in [0.4, 0.5) is 0 Å². The monoisotopic (exact) mass is 348 g/mol. The number of hydrogen-bond acceptors (Lipinski definition) is 3. The van der Waals surface area contributed by atoms with Crippen molar-refractivity contribution < 1.29 is 14.3 Å². The third-order valence-corrected chi connectivity index (χ3v) is 4.22. The van der Waals surface area contributed by atoms with Crippen LogP contribution in [0.3, 0.4) is 0 Å². The van der Waals surface area contributed by atoms with E-state index in [0.717, 1.165) is 11.1 Å². The van der Waals surface area contributed by atoms with E-state index in [9.17, 15) is 4.79 Å². The van der Waals surface area contributed by atoms with Gasteiger partial charge in [-0.25, -0.2) is 0 Å². The van der Waals surface area contributed by atoms with E-state index in [1.165, 1.54) is 0 Å². The zero-order valence-electron chi connectivity index (χ0n) is 12.7. The van der Waals surface area contributed by atoms with Gasteiger partial charge in [-0.15, -0.1) is 0 Å². The predicted molar refractivity (Wildman–Crippen MR) is 90.6 cm³/mol. The molecule has 3 nitrogen and oxygen atoms in total. The lowest BCUT2D eigenvalue weighted by atomic mass is 10.1. The highest BCUT2D eigenvalue weighted by molar-refractivity contribution is 6.35. The molecule has 0 aliphatic carbocycles. The van der Waals surface area contributed by atoms with Crippen LogP contribution >= 0.6 is 23.2 Å². The molecule has 0 fully saturated rings. The number of rotatable bonds is 3. The van der Waals surface area contributed by atoms with Gasteiger partial charge in [-0.2, -0.15) is 0 Å². The summed E-state index contributed by atoms with van der Waals surface area (Å²) in [7, 11) is 0. The van der Waals surface area contributed by atoms with Crippen molar-refractivity contribution in [2.24, 2.45) is 0 Å². The maximum atomic E-state index is 12.2. The largest absolute Gasteiger partial charge is 0.489 e. The van der Waals surface area contributed by atoms with Crippen molar-refractivity contribution in [3.05, 3.63) is 68.9 Å². The van der Waals surface area contributed by atoms with Gasteiger partial charge < -0.3 is 9.47 Å². The molecule has 0 bridgehead atoms. The SMILES string of the molecule is CC(C)=C1Oc2cc(OCc3c(Cl)cccc3Cl)ccc2C1=O. The number of ether oxygens (including phenoxy) is 2. The molecule has 1 aliphatic heterocycles. The van der Waals surface area contributed by atoms with Crippen LogP contribution in [0, 0.1) is 0 Å². The molecule has 0 unspecified atom stereocenters. The lowest BCUT2D eigenvalue weighted by molar-refractivity contribution is 0.101. The number of fused-ring (bicyclic) bond motifs is 1. The maximum Gasteiger partial charge on any atom is 0.231 e. The normalized spacial score (nSPS) is 12.9. The molecule has 1 aliphatic rings. The van der Waals surface area contributed by atoms with Crippen LogP contribution in [-0.2, 0) is 6.61 Å². The van der Waals surface area contributed by atoms with Gasteiger partial charge in [0.1, 0.15) is 18.1 Å². The first kappa shape index (κ1) is 15.9. The Kier molecular flexibility index (Phi) is 4.33. The van der Waals surface area contributed by atoms with Gasteiger partial charge in [-0.05, 0) is 43.7 Å². The molecule has 0 aromatic heterocycles.